The summed E-state index contributed by atoms with van der Waals surface area (Å²) in [5, 5.41) is 3.61. The van der Waals surface area contributed by atoms with Crippen molar-refractivity contribution in [1.82, 2.24) is 15.2 Å². The smallest absolute Gasteiger partial charge is 0.253 e. The molecule has 3 aromatic rings. The Morgan fingerprint density at radius 1 is 1.10 bits per heavy atom. The number of hydrogen-bond donors (Lipinski definition) is 2. The topological polar surface area (TPSA) is 65.2 Å². The Morgan fingerprint density at radius 2 is 1.86 bits per heavy atom. The fourth-order valence-electron chi connectivity index (χ4n) is 4.17. The first kappa shape index (κ1) is 19.2. The van der Waals surface area contributed by atoms with E-state index in [4.69, 9.17) is 0 Å². The number of carbonyl (C=O) groups is 2. The molecule has 29 heavy (non-hydrogen) atoms. The largest absolute Gasteiger partial charge is 0.360 e. The summed E-state index contributed by atoms with van der Waals surface area (Å²) in [6.07, 6.45) is 4.83. The van der Waals surface area contributed by atoms with Crippen LogP contribution in [0.5, 0.6) is 0 Å². The Labute approximate surface area is 171 Å². The van der Waals surface area contributed by atoms with E-state index < -0.39 is 0 Å². The number of fused-ring (bicyclic) bond motifs is 1. The number of likely N-dealkylation sites (tertiary alicyclic amines) is 1. The lowest BCUT2D eigenvalue weighted by Gasteiger charge is -2.32. The molecule has 5 nitrogen and oxygen atoms in total. The molecule has 0 saturated carbocycles. The number of carbonyl (C=O) groups excluding carboxylic acids is 2. The first-order valence-electron chi connectivity index (χ1n) is 10.4. The van der Waals surface area contributed by atoms with E-state index in [0.717, 1.165) is 43.3 Å². The summed E-state index contributed by atoms with van der Waals surface area (Å²) in [6.45, 7) is 4.03. The zero-order valence-electron chi connectivity index (χ0n) is 16.8. The van der Waals surface area contributed by atoms with Gasteiger partial charge in [-0.15, -0.1) is 0 Å². The van der Waals surface area contributed by atoms with E-state index in [9.17, 15) is 9.59 Å². The molecule has 2 heterocycles. The monoisotopic (exact) mass is 389 g/mol. The van der Waals surface area contributed by atoms with Crippen molar-refractivity contribution < 1.29 is 9.59 Å². The third-order valence-corrected chi connectivity index (χ3v) is 5.78. The first-order chi connectivity index (χ1) is 14.2. The van der Waals surface area contributed by atoms with Gasteiger partial charge >= 0.3 is 0 Å². The standard InChI is InChI=1S/C24H27N3O2/c1-2-25-23(28)21-16-26-22-9-8-19(15-20(21)22)24(29)27-12-10-18(11-13-27)14-17-6-4-3-5-7-17/h3-9,15-16,18,26H,2,10-14H2,1H3,(H,25,28). The van der Waals surface area contributed by atoms with E-state index in [1.54, 1.807) is 6.20 Å². The lowest BCUT2D eigenvalue weighted by atomic mass is 9.90. The summed E-state index contributed by atoms with van der Waals surface area (Å²) in [4.78, 5) is 30.4. The van der Waals surface area contributed by atoms with Gasteiger partial charge in [0, 0.05) is 42.3 Å². The van der Waals surface area contributed by atoms with Gasteiger partial charge in [0.05, 0.1) is 5.56 Å². The fourth-order valence-corrected chi connectivity index (χ4v) is 4.17. The predicted octanol–water partition coefficient (Wildman–Crippen LogP) is 4.01. The van der Waals surface area contributed by atoms with Gasteiger partial charge in [-0.3, -0.25) is 9.59 Å². The number of nitrogens with one attached hydrogen (secondary N) is 2. The molecule has 2 amide bonds. The Bertz CT molecular complexity index is 1000. The molecule has 1 aromatic heterocycles. The third kappa shape index (κ3) is 4.19. The number of amides is 2. The minimum Gasteiger partial charge on any atom is -0.360 e. The molecule has 0 radical (unpaired) electrons. The van der Waals surface area contributed by atoms with Crippen molar-refractivity contribution >= 4 is 22.7 Å². The Kier molecular flexibility index (Phi) is 5.65. The van der Waals surface area contributed by atoms with Crippen molar-refractivity contribution in [3.05, 3.63) is 71.4 Å². The molecule has 4 rings (SSSR count). The molecule has 5 heteroatoms. The van der Waals surface area contributed by atoms with E-state index in [2.05, 4.69) is 34.6 Å². The number of nitrogens with zero attached hydrogens (tertiary/aromatic N) is 1. The summed E-state index contributed by atoms with van der Waals surface area (Å²) in [6, 6.07) is 16.1. The second-order valence-corrected chi connectivity index (χ2v) is 7.75. The highest BCUT2D eigenvalue weighted by atomic mass is 16.2. The molecule has 150 valence electrons. The zero-order chi connectivity index (χ0) is 20.2. The molecule has 2 N–H and O–H groups in total. The maximum absolute atomic E-state index is 13.1. The number of hydrogen-bond acceptors (Lipinski definition) is 2. The van der Waals surface area contributed by atoms with Crippen LogP contribution in [0.25, 0.3) is 10.9 Å². The average Bonchev–Trinajstić information content (AvgIpc) is 3.18. The maximum atomic E-state index is 13.1. The average molecular weight is 389 g/mol. The maximum Gasteiger partial charge on any atom is 0.253 e. The van der Waals surface area contributed by atoms with Crippen LogP contribution in [0.4, 0.5) is 0 Å². The van der Waals surface area contributed by atoms with E-state index in [-0.39, 0.29) is 11.8 Å². The van der Waals surface area contributed by atoms with Gasteiger partial charge in [-0.1, -0.05) is 30.3 Å². The third-order valence-electron chi connectivity index (χ3n) is 5.78. The van der Waals surface area contributed by atoms with E-state index in [1.165, 1.54) is 5.56 Å². The Morgan fingerprint density at radius 3 is 2.59 bits per heavy atom. The van der Waals surface area contributed by atoms with E-state index >= 15 is 0 Å². The van der Waals surface area contributed by atoms with Gasteiger partial charge in [-0.25, -0.2) is 0 Å². The van der Waals surface area contributed by atoms with Gasteiger partial charge in [0.25, 0.3) is 11.8 Å². The molecule has 1 aliphatic heterocycles. The molecule has 0 spiro atoms. The van der Waals surface area contributed by atoms with Crippen molar-refractivity contribution in [3.8, 4) is 0 Å². The zero-order valence-corrected chi connectivity index (χ0v) is 16.8. The van der Waals surface area contributed by atoms with Crippen molar-refractivity contribution in [2.45, 2.75) is 26.2 Å². The highest BCUT2D eigenvalue weighted by Crippen LogP contribution is 2.25. The molecule has 1 saturated heterocycles. The molecular weight excluding hydrogens is 362 g/mol. The predicted molar refractivity (Wildman–Crippen MR) is 115 cm³/mol. The summed E-state index contributed by atoms with van der Waals surface area (Å²) in [7, 11) is 0. The molecular formula is C24H27N3O2. The van der Waals surface area contributed by atoms with Crippen molar-refractivity contribution in [1.29, 1.82) is 0 Å². The summed E-state index contributed by atoms with van der Waals surface area (Å²) in [5.41, 5.74) is 3.46. The molecule has 0 bridgehead atoms. The Hall–Kier alpha value is -3.08. The van der Waals surface area contributed by atoms with Crippen LogP contribution < -0.4 is 5.32 Å². The molecule has 1 fully saturated rings. The van der Waals surface area contributed by atoms with Crippen molar-refractivity contribution in [2.75, 3.05) is 19.6 Å². The SMILES string of the molecule is CCNC(=O)c1c[nH]c2ccc(C(=O)N3CCC(Cc4ccccc4)CC3)cc12. The number of benzene rings is 2. The summed E-state index contributed by atoms with van der Waals surface area (Å²) in [5.74, 6) is 0.552. The number of piperidine rings is 1. The highest BCUT2D eigenvalue weighted by molar-refractivity contribution is 6.08. The van der Waals surface area contributed by atoms with Gasteiger partial charge in [0.2, 0.25) is 0 Å². The van der Waals surface area contributed by atoms with Crippen LogP contribution in [-0.4, -0.2) is 41.3 Å². The second kappa shape index (κ2) is 8.52. The van der Waals surface area contributed by atoms with Crippen molar-refractivity contribution in [3.63, 3.8) is 0 Å². The van der Waals surface area contributed by atoms with Crippen LogP contribution in [0.3, 0.4) is 0 Å². The Balaban J connectivity index is 1.44. The van der Waals surface area contributed by atoms with Crippen LogP contribution in [-0.2, 0) is 6.42 Å². The number of aromatic nitrogens is 1. The van der Waals surface area contributed by atoms with Crippen LogP contribution in [0.2, 0.25) is 0 Å². The second-order valence-electron chi connectivity index (χ2n) is 7.75. The molecule has 1 aliphatic rings. The summed E-state index contributed by atoms with van der Waals surface area (Å²) < 4.78 is 0. The lowest BCUT2D eigenvalue weighted by Crippen LogP contribution is -2.38. The molecule has 0 unspecified atom stereocenters. The summed E-state index contributed by atoms with van der Waals surface area (Å²) >= 11 is 0. The van der Waals surface area contributed by atoms with Gasteiger partial charge < -0.3 is 15.2 Å². The lowest BCUT2D eigenvalue weighted by molar-refractivity contribution is 0.0690. The van der Waals surface area contributed by atoms with Gasteiger partial charge in [0.1, 0.15) is 0 Å². The van der Waals surface area contributed by atoms with Crippen LogP contribution >= 0.6 is 0 Å². The minimum atomic E-state index is -0.120. The van der Waals surface area contributed by atoms with Gasteiger partial charge in [-0.2, -0.15) is 0 Å². The molecule has 0 atom stereocenters. The quantitative estimate of drug-likeness (QED) is 0.692. The molecule has 0 aliphatic carbocycles. The van der Waals surface area contributed by atoms with E-state index in [0.29, 0.717) is 23.6 Å². The first-order valence-corrected chi connectivity index (χ1v) is 10.4. The normalized spacial score (nSPS) is 14.9. The fraction of sp³-hybridized carbons (Fsp3) is 0.333. The van der Waals surface area contributed by atoms with E-state index in [1.807, 2.05) is 36.1 Å². The van der Waals surface area contributed by atoms with Crippen molar-refractivity contribution in [2.24, 2.45) is 5.92 Å². The molecule has 2 aromatic carbocycles. The van der Waals surface area contributed by atoms with Crippen LogP contribution in [0.15, 0.2) is 54.7 Å². The van der Waals surface area contributed by atoms with Crippen LogP contribution in [0, 0.1) is 5.92 Å². The van der Waals surface area contributed by atoms with Crippen LogP contribution in [0.1, 0.15) is 46.0 Å². The highest BCUT2D eigenvalue weighted by Gasteiger charge is 2.24. The minimum absolute atomic E-state index is 0.0492. The number of aromatic amines is 1. The number of rotatable bonds is 5. The van der Waals surface area contributed by atoms with Gasteiger partial charge in [-0.05, 0) is 55.9 Å². The van der Waals surface area contributed by atoms with Gasteiger partial charge in [0.15, 0.2) is 0 Å². The number of H-pyrrole nitrogens is 1.